The van der Waals surface area contributed by atoms with E-state index < -0.39 is 0 Å². The number of aromatic nitrogens is 2. The van der Waals surface area contributed by atoms with Crippen LogP contribution in [0.5, 0.6) is 5.75 Å². The van der Waals surface area contributed by atoms with Crippen LogP contribution in [0, 0.1) is 0 Å². The third-order valence-electron chi connectivity index (χ3n) is 5.80. The van der Waals surface area contributed by atoms with Gasteiger partial charge in [0, 0.05) is 11.4 Å². The Hall–Kier alpha value is -2.38. The molecule has 6 nitrogen and oxygen atoms in total. The minimum absolute atomic E-state index is 0.191. The summed E-state index contributed by atoms with van der Waals surface area (Å²) in [7, 11) is 5.67. The predicted molar refractivity (Wildman–Crippen MR) is 123 cm³/mol. The maximum absolute atomic E-state index is 13.6. The largest absolute Gasteiger partial charge is 0.497 e. The lowest BCUT2D eigenvalue weighted by Gasteiger charge is -2.14. The summed E-state index contributed by atoms with van der Waals surface area (Å²) in [4.78, 5) is 31.4. The molecule has 0 fully saturated rings. The molecule has 2 heterocycles. The molecule has 1 aliphatic carbocycles. The summed E-state index contributed by atoms with van der Waals surface area (Å²) in [6.07, 6.45) is 6.22. The van der Waals surface area contributed by atoms with Gasteiger partial charge in [0.05, 0.1) is 18.2 Å². The van der Waals surface area contributed by atoms with Gasteiger partial charge in [-0.1, -0.05) is 6.42 Å². The lowest BCUT2D eigenvalue weighted by molar-refractivity contribution is 0.385. The Morgan fingerprint density at radius 1 is 1.07 bits per heavy atom. The van der Waals surface area contributed by atoms with E-state index in [1.165, 1.54) is 21.4 Å². The van der Waals surface area contributed by atoms with Crippen LogP contribution in [0.25, 0.3) is 15.9 Å². The second kappa shape index (κ2) is 8.78. The quantitative estimate of drug-likeness (QED) is 0.566. The lowest BCUT2D eigenvalue weighted by Crippen LogP contribution is -2.39. The van der Waals surface area contributed by atoms with Gasteiger partial charge in [-0.2, -0.15) is 0 Å². The second-order valence-electron chi connectivity index (χ2n) is 8.17. The first-order chi connectivity index (χ1) is 14.5. The summed E-state index contributed by atoms with van der Waals surface area (Å²) < 4.78 is 8.40. The monoisotopic (exact) mass is 427 g/mol. The molecule has 0 N–H and O–H groups in total. The Kier molecular flexibility index (Phi) is 6.11. The van der Waals surface area contributed by atoms with Crippen LogP contribution in [0.4, 0.5) is 0 Å². The standard InChI is InChI=1S/C23H29N3O3S/c1-24(2)14-7-15-25-22-20(18-8-5-4-6-9-19(18)30-22)21(27)26(23(25)28)16-10-12-17(29-3)13-11-16/h10-13H,4-9,14-15H2,1-3H3. The molecule has 0 spiro atoms. The molecule has 7 heteroatoms. The van der Waals surface area contributed by atoms with Crippen LogP contribution in [0.2, 0.25) is 0 Å². The number of benzene rings is 1. The van der Waals surface area contributed by atoms with Crippen LogP contribution in [0.15, 0.2) is 33.9 Å². The maximum atomic E-state index is 13.6. The van der Waals surface area contributed by atoms with Crippen LogP contribution in [0.3, 0.4) is 0 Å². The Bertz CT molecular complexity index is 1160. The molecule has 160 valence electrons. The second-order valence-corrected chi connectivity index (χ2v) is 9.26. The lowest BCUT2D eigenvalue weighted by atomic mass is 10.1. The van der Waals surface area contributed by atoms with Crippen molar-refractivity contribution < 1.29 is 4.74 Å². The number of nitrogens with zero attached hydrogens (tertiary/aromatic N) is 3. The first kappa shape index (κ1) is 20.9. The fraction of sp³-hybridized carbons (Fsp3) is 0.478. The molecule has 0 atom stereocenters. The summed E-state index contributed by atoms with van der Waals surface area (Å²) in [5.41, 5.74) is 1.31. The van der Waals surface area contributed by atoms with Gasteiger partial charge in [-0.05, 0) is 82.6 Å². The highest BCUT2D eigenvalue weighted by Crippen LogP contribution is 2.33. The van der Waals surface area contributed by atoms with Crippen molar-refractivity contribution in [3.63, 3.8) is 0 Å². The first-order valence-corrected chi connectivity index (χ1v) is 11.4. The first-order valence-electron chi connectivity index (χ1n) is 10.6. The van der Waals surface area contributed by atoms with Gasteiger partial charge in [0.1, 0.15) is 10.6 Å². The molecule has 0 bridgehead atoms. The zero-order valence-corrected chi connectivity index (χ0v) is 18.8. The van der Waals surface area contributed by atoms with Gasteiger partial charge in [-0.15, -0.1) is 11.3 Å². The van der Waals surface area contributed by atoms with E-state index in [0.29, 0.717) is 18.0 Å². The maximum Gasteiger partial charge on any atom is 0.336 e. The van der Waals surface area contributed by atoms with E-state index in [1.54, 1.807) is 42.7 Å². The Morgan fingerprint density at radius 2 is 1.80 bits per heavy atom. The Balaban J connectivity index is 1.95. The Morgan fingerprint density at radius 3 is 2.50 bits per heavy atom. The van der Waals surface area contributed by atoms with Gasteiger partial charge in [0.2, 0.25) is 0 Å². The molecule has 3 aromatic rings. The molecule has 0 amide bonds. The summed E-state index contributed by atoms with van der Waals surface area (Å²) in [6, 6.07) is 7.14. The summed E-state index contributed by atoms with van der Waals surface area (Å²) in [5.74, 6) is 0.698. The number of aryl methyl sites for hydroxylation is 3. The number of methoxy groups -OCH3 is 1. The topological polar surface area (TPSA) is 56.5 Å². The fourth-order valence-corrected chi connectivity index (χ4v) is 5.65. The molecule has 0 unspecified atom stereocenters. The van der Waals surface area contributed by atoms with Crippen molar-refractivity contribution in [3.05, 3.63) is 55.5 Å². The zero-order valence-electron chi connectivity index (χ0n) is 17.9. The van der Waals surface area contributed by atoms with E-state index >= 15 is 0 Å². The van der Waals surface area contributed by atoms with Crippen molar-refractivity contribution in [2.75, 3.05) is 27.7 Å². The van der Waals surface area contributed by atoms with Crippen molar-refractivity contribution in [1.29, 1.82) is 0 Å². The van der Waals surface area contributed by atoms with E-state index in [0.717, 1.165) is 48.9 Å². The van der Waals surface area contributed by atoms with Gasteiger partial charge in [-0.3, -0.25) is 9.36 Å². The summed E-state index contributed by atoms with van der Waals surface area (Å²) in [6.45, 7) is 1.49. The van der Waals surface area contributed by atoms with Crippen LogP contribution < -0.4 is 16.0 Å². The fourth-order valence-electron chi connectivity index (χ4n) is 4.25. The van der Waals surface area contributed by atoms with E-state index in [4.69, 9.17) is 4.74 Å². The van der Waals surface area contributed by atoms with Crippen LogP contribution >= 0.6 is 11.3 Å². The molecule has 0 saturated heterocycles. The van der Waals surface area contributed by atoms with Crippen LogP contribution in [-0.2, 0) is 19.4 Å². The highest BCUT2D eigenvalue weighted by Gasteiger charge is 2.23. The average Bonchev–Trinajstić information content (AvgIpc) is 2.93. The van der Waals surface area contributed by atoms with E-state index in [-0.39, 0.29) is 11.2 Å². The van der Waals surface area contributed by atoms with Crippen molar-refractivity contribution in [3.8, 4) is 11.4 Å². The van der Waals surface area contributed by atoms with Crippen molar-refractivity contribution >= 4 is 21.6 Å². The summed E-state index contributed by atoms with van der Waals surface area (Å²) in [5, 5.41) is 0.747. The minimum Gasteiger partial charge on any atom is -0.497 e. The molecule has 4 rings (SSSR count). The molecular formula is C23H29N3O3S. The van der Waals surface area contributed by atoms with Crippen molar-refractivity contribution in [2.45, 2.75) is 45.1 Å². The number of hydrogen-bond acceptors (Lipinski definition) is 5. The number of rotatable bonds is 6. The van der Waals surface area contributed by atoms with Crippen molar-refractivity contribution in [2.24, 2.45) is 0 Å². The van der Waals surface area contributed by atoms with Gasteiger partial charge in [0.15, 0.2) is 0 Å². The SMILES string of the molecule is COc1ccc(-n2c(=O)c3c4c(sc3n(CCCN(C)C)c2=O)CCCCC4)cc1. The van der Waals surface area contributed by atoms with Gasteiger partial charge in [-0.25, -0.2) is 9.36 Å². The number of ether oxygens (including phenoxy) is 1. The Labute approximate surface area is 180 Å². The van der Waals surface area contributed by atoms with Crippen LogP contribution in [-0.4, -0.2) is 41.8 Å². The van der Waals surface area contributed by atoms with Crippen LogP contribution in [0.1, 0.15) is 36.1 Å². The number of fused-ring (bicyclic) bond motifs is 3. The predicted octanol–water partition coefficient (Wildman–Crippen LogP) is 3.44. The molecule has 1 aliphatic rings. The van der Waals surface area contributed by atoms with Gasteiger partial charge < -0.3 is 9.64 Å². The average molecular weight is 428 g/mol. The number of hydrogen-bond donors (Lipinski definition) is 0. The molecule has 30 heavy (non-hydrogen) atoms. The van der Waals surface area contributed by atoms with Crippen molar-refractivity contribution in [1.82, 2.24) is 14.0 Å². The van der Waals surface area contributed by atoms with Gasteiger partial charge in [0.25, 0.3) is 5.56 Å². The minimum atomic E-state index is -0.257. The van der Waals surface area contributed by atoms with E-state index in [1.807, 2.05) is 18.7 Å². The van der Waals surface area contributed by atoms with E-state index in [2.05, 4.69) is 4.90 Å². The normalized spacial score (nSPS) is 14.1. The molecule has 0 radical (unpaired) electrons. The molecule has 2 aromatic heterocycles. The molecule has 0 aliphatic heterocycles. The summed E-state index contributed by atoms with van der Waals surface area (Å²) >= 11 is 1.65. The number of thiophene rings is 1. The third-order valence-corrected chi connectivity index (χ3v) is 7.12. The highest BCUT2D eigenvalue weighted by atomic mass is 32.1. The van der Waals surface area contributed by atoms with E-state index in [9.17, 15) is 9.59 Å². The molecule has 0 saturated carbocycles. The highest BCUT2D eigenvalue weighted by molar-refractivity contribution is 7.18. The molecular weight excluding hydrogens is 398 g/mol. The third kappa shape index (κ3) is 3.84. The zero-order chi connectivity index (χ0) is 21.3. The molecule has 1 aromatic carbocycles. The smallest absolute Gasteiger partial charge is 0.336 e. The van der Waals surface area contributed by atoms with Gasteiger partial charge >= 0.3 is 5.69 Å².